The van der Waals surface area contributed by atoms with Crippen LogP contribution in [0.1, 0.15) is 30.9 Å². The Hall–Kier alpha value is -3.80. The topological polar surface area (TPSA) is 116 Å². The van der Waals surface area contributed by atoms with Crippen molar-refractivity contribution in [3.8, 4) is 23.0 Å². The number of rotatable bonds is 12. The number of halogens is 1. The van der Waals surface area contributed by atoms with Crippen molar-refractivity contribution >= 4 is 33.7 Å². The zero-order chi connectivity index (χ0) is 29.4. The minimum Gasteiger partial charge on any atom is -0.497 e. The van der Waals surface area contributed by atoms with Gasteiger partial charge in [0.05, 0.1) is 31.9 Å². The van der Waals surface area contributed by atoms with Crippen molar-refractivity contribution in [3.05, 3.63) is 76.8 Å². The predicted molar refractivity (Wildman–Crippen MR) is 156 cm³/mol. The van der Waals surface area contributed by atoms with E-state index in [4.69, 9.17) is 30.5 Å². The quantitative estimate of drug-likeness (QED) is 0.237. The molecule has 218 valence electrons. The second kappa shape index (κ2) is 13.7. The standard InChI is InChI=1S/C29H32ClN3O7S/c1-4-39-28-16-20(7-13-27(28)40-19-21-17-23(37-2)10-14-26(21)38-3)18-31-32-29(34)25-6-5-15-33(25)41(35,36)24-11-8-22(30)9-12-24/h7-14,16-18,25H,4-6,15,19H2,1-3H3,(H,32,34)/b31-18-/t25-/m1/s1. The summed E-state index contributed by atoms with van der Waals surface area (Å²) >= 11 is 5.89. The Bertz CT molecular complexity index is 1500. The van der Waals surface area contributed by atoms with E-state index in [-0.39, 0.29) is 18.0 Å². The molecule has 3 aromatic carbocycles. The molecule has 1 fully saturated rings. The van der Waals surface area contributed by atoms with E-state index in [0.717, 1.165) is 5.56 Å². The van der Waals surface area contributed by atoms with Crippen LogP contribution in [0.2, 0.25) is 5.02 Å². The van der Waals surface area contributed by atoms with Gasteiger partial charge in [-0.15, -0.1) is 0 Å². The van der Waals surface area contributed by atoms with Gasteiger partial charge in [0, 0.05) is 17.1 Å². The molecule has 0 radical (unpaired) electrons. The number of hydrogen-bond donors (Lipinski definition) is 1. The highest BCUT2D eigenvalue weighted by atomic mass is 35.5. The van der Waals surface area contributed by atoms with Crippen LogP contribution in [-0.4, -0.2) is 58.3 Å². The number of amides is 1. The first-order valence-electron chi connectivity index (χ1n) is 13.0. The summed E-state index contributed by atoms with van der Waals surface area (Å²) in [7, 11) is -0.678. The third kappa shape index (κ3) is 7.29. The molecule has 41 heavy (non-hydrogen) atoms. The normalized spacial score (nSPS) is 15.6. The Labute approximate surface area is 244 Å². The molecule has 0 bridgehead atoms. The first kappa shape index (κ1) is 30.2. The van der Waals surface area contributed by atoms with Crippen LogP contribution < -0.4 is 24.4 Å². The zero-order valence-corrected chi connectivity index (χ0v) is 24.6. The molecule has 0 spiro atoms. The van der Waals surface area contributed by atoms with E-state index in [1.54, 1.807) is 32.4 Å². The van der Waals surface area contributed by atoms with Crippen LogP contribution in [0.25, 0.3) is 0 Å². The van der Waals surface area contributed by atoms with Crippen LogP contribution >= 0.6 is 11.6 Å². The third-order valence-electron chi connectivity index (χ3n) is 6.45. The fourth-order valence-corrected chi connectivity index (χ4v) is 6.20. The van der Waals surface area contributed by atoms with Gasteiger partial charge in [-0.3, -0.25) is 4.79 Å². The number of nitrogens with one attached hydrogen (secondary N) is 1. The van der Waals surface area contributed by atoms with Crippen LogP contribution in [0.4, 0.5) is 0 Å². The molecule has 1 saturated heterocycles. The van der Waals surface area contributed by atoms with Crippen LogP contribution in [0.3, 0.4) is 0 Å². The van der Waals surface area contributed by atoms with Gasteiger partial charge < -0.3 is 18.9 Å². The fourth-order valence-electron chi connectivity index (χ4n) is 4.42. The second-order valence-corrected chi connectivity index (χ2v) is 11.4. The summed E-state index contributed by atoms with van der Waals surface area (Å²) in [5.74, 6) is 1.87. The average Bonchev–Trinajstić information content (AvgIpc) is 3.48. The number of benzene rings is 3. The Morgan fingerprint density at radius 2 is 1.78 bits per heavy atom. The third-order valence-corrected chi connectivity index (χ3v) is 8.63. The van der Waals surface area contributed by atoms with Crippen molar-refractivity contribution in [3.63, 3.8) is 0 Å². The van der Waals surface area contributed by atoms with Crippen LogP contribution in [-0.2, 0) is 21.4 Å². The molecule has 0 unspecified atom stereocenters. The number of carbonyl (C=O) groups excluding carboxylic acids is 1. The SMILES string of the molecule is CCOc1cc(/C=N\NC(=O)[C@H]2CCCN2S(=O)(=O)c2ccc(Cl)cc2)ccc1OCc1cc(OC)ccc1OC. The maximum atomic E-state index is 13.1. The largest absolute Gasteiger partial charge is 0.497 e. The molecule has 1 aliphatic heterocycles. The number of carbonyl (C=O) groups is 1. The molecule has 1 N–H and O–H groups in total. The lowest BCUT2D eigenvalue weighted by molar-refractivity contribution is -0.124. The summed E-state index contributed by atoms with van der Waals surface area (Å²) in [5.41, 5.74) is 3.93. The number of methoxy groups -OCH3 is 2. The van der Waals surface area contributed by atoms with E-state index in [9.17, 15) is 13.2 Å². The average molecular weight is 602 g/mol. The van der Waals surface area contributed by atoms with Gasteiger partial charge in [0.15, 0.2) is 11.5 Å². The number of hydrazone groups is 1. The monoisotopic (exact) mass is 601 g/mol. The van der Waals surface area contributed by atoms with Crippen molar-refractivity contribution in [1.29, 1.82) is 0 Å². The van der Waals surface area contributed by atoms with E-state index >= 15 is 0 Å². The highest BCUT2D eigenvalue weighted by Gasteiger charge is 2.39. The van der Waals surface area contributed by atoms with Crippen LogP contribution in [0.15, 0.2) is 70.7 Å². The molecule has 0 saturated carbocycles. The lowest BCUT2D eigenvalue weighted by Gasteiger charge is -2.22. The Morgan fingerprint density at radius 3 is 2.49 bits per heavy atom. The maximum Gasteiger partial charge on any atom is 0.258 e. The fraction of sp³-hybridized carbons (Fsp3) is 0.310. The summed E-state index contributed by atoms with van der Waals surface area (Å²) in [6.07, 6.45) is 2.42. The number of nitrogens with zero attached hydrogens (tertiary/aromatic N) is 2. The minimum absolute atomic E-state index is 0.0840. The number of ether oxygens (including phenoxy) is 4. The first-order chi connectivity index (χ1) is 19.8. The van der Waals surface area contributed by atoms with Crippen molar-refractivity contribution in [1.82, 2.24) is 9.73 Å². The number of hydrogen-bond acceptors (Lipinski definition) is 8. The van der Waals surface area contributed by atoms with Crippen molar-refractivity contribution in [2.24, 2.45) is 5.10 Å². The summed E-state index contributed by atoms with van der Waals surface area (Å²) in [6, 6.07) is 15.7. The molecule has 0 aromatic heterocycles. The van der Waals surface area contributed by atoms with Crippen molar-refractivity contribution in [2.45, 2.75) is 37.3 Å². The van der Waals surface area contributed by atoms with E-state index < -0.39 is 22.0 Å². The molecule has 1 heterocycles. The van der Waals surface area contributed by atoms with Crippen LogP contribution in [0, 0.1) is 0 Å². The molecule has 4 rings (SSSR count). The molecule has 1 aliphatic rings. The Morgan fingerprint density at radius 1 is 1.02 bits per heavy atom. The maximum absolute atomic E-state index is 13.1. The first-order valence-corrected chi connectivity index (χ1v) is 14.8. The second-order valence-electron chi connectivity index (χ2n) is 9.07. The lowest BCUT2D eigenvalue weighted by atomic mass is 10.2. The van der Waals surface area contributed by atoms with Gasteiger partial charge in [-0.05, 0) is 86.0 Å². The lowest BCUT2D eigenvalue weighted by Crippen LogP contribution is -2.44. The molecule has 0 aliphatic carbocycles. The van der Waals surface area contributed by atoms with E-state index in [2.05, 4.69) is 10.5 Å². The summed E-state index contributed by atoms with van der Waals surface area (Å²) in [6.45, 7) is 2.74. The van der Waals surface area contributed by atoms with Gasteiger partial charge in [-0.1, -0.05) is 11.6 Å². The number of sulfonamides is 1. The van der Waals surface area contributed by atoms with Gasteiger partial charge in [0.1, 0.15) is 24.1 Å². The van der Waals surface area contributed by atoms with E-state index in [1.807, 2.05) is 25.1 Å². The van der Waals surface area contributed by atoms with Crippen LogP contribution in [0.5, 0.6) is 23.0 Å². The molecule has 3 aromatic rings. The van der Waals surface area contributed by atoms with Gasteiger partial charge in [0.2, 0.25) is 10.0 Å². The molecule has 1 amide bonds. The van der Waals surface area contributed by atoms with Crippen molar-refractivity contribution in [2.75, 3.05) is 27.4 Å². The van der Waals surface area contributed by atoms with Gasteiger partial charge >= 0.3 is 0 Å². The highest BCUT2D eigenvalue weighted by Crippen LogP contribution is 2.31. The predicted octanol–water partition coefficient (Wildman–Crippen LogP) is 4.64. The van der Waals surface area contributed by atoms with Crippen molar-refractivity contribution < 1.29 is 32.2 Å². The van der Waals surface area contributed by atoms with E-state index in [0.29, 0.717) is 53.0 Å². The Balaban J connectivity index is 1.42. The summed E-state index contributed by atoms with van der Waals surface area (Å²) in [4.78, 5) is 13.0. The molecular weight excluding hydrogens is 570 g/mol. The van der Waals surface area contributed by atoms with Gasteiger partial charge in [-0.25, -0.2) is 13.8 Å². The highest BCUT2D eigenvalue weighted by molar-refractivity contribution is 7.89. The van der Waals surface area contributed by atoms with Gasteiger partial charge in [0.25, 0.3) is 5.91 Å². The molecule has 10 nitrogen and oxygen atoms in total. The molecule has 1 atom stereocenters. The molecular formula is C29H32ClN3O7S. The van der Waals surface area contributed by atoms with E-state index in [1.165, 1.54) is 34.8 Å². The zero-order valence-electron chi connectivity index (χ0n) is 23.0. The molecule has 12 heteroatoms. The minimum atomic E-state index is -3.86. The van der Waals surface area contributed by atoms with Gasteiger partial charge in [-0.2, -0.15) is 9.41 Å². The smallest absolute Gasteiger partial charge is 0.258 e. The summed E-state index contributed by atoms with van der Waals surface area (Å²) in [5, 5.41) is 4.49. The Kier molecular flexibility index (Phi) is 10.1. The summed E-state index contributed by atoms with van der Waals surface area (Å²) < 4.78 is 50.0.